The molecule has 1 fully saturated rings. The Hall–Kier alpha value is -1.85. The van der Waals surface area contributed by atoms with Gasteiger partial charge in [0.25, 0.3) is 0 Å². The molecule has 3 N–H and O–H groups in total. The molecule has 3 unspecified atom stereocenters. The van der Waals surface area contributed by atoms with Crippen LogP contribution in [0.2, 0.25) is 0 Å². The van der Waals surface area contributed by atoms with Gasteiger partial charge in [-0.05, 0) is 19.8 Å². The first-order valence-corrected chi connectivity index (χ1v) is 6.12. The number of imidazole rings is 1. The Balaban J connectivity index is 1.97. The highest BCUT2D eigenvalue weighted by molar-refractivity contribution is 5.85. The van der Waals surface area contributed by atoms with Crippen LogP contribution < -0.4 is 5.32 Å². The molecule has 0 saturated heterocycles. The SMILES string of the molecule is CC(NC(=O)C1CCCC1C(=O)O)c1ncc[nH]1. The number of aromatic amines is 1. The monoisotopic (exact) mass is 251 g/mol. The molecule has 0 spiro atoms. The first-order valence-electron chi connectivity index (χ1n) is 6.12. The molecule has 1 aliphatic rings. The second kappa shape index (κ2) is 5.20. The number of hydrogen-bond donors (Lipinski definition) is 3. The van der Waals surface area contributed by atoms with Crippen molar-refractivity contribution >= 4 is 11.9 Å². The number of aromatic nitrogens is 2. The molecule has 98 valence electrons. The first-order chi connectivity index (χ1) is 8.59. The summed E-state index contributed by atoms with van der Waals surface area (Å²) in [5.74, 6) is -1.36. The fraction of sp³-hybridized carbons (Fsp3) is 0.583. The van der Waals surface area contributed by atoms with E-state index >= 15 is 0 Å². The lowest BCUT2D eigenvalue weighted by Crippen LogP contribution is -2.36. The van der Waals surface area contributed by atoms with Crippen LogP contribution in [-0.4, -0.2) is 27.0 Å². The van der Waals surface area contributed by atoms with Crippen molar-refractivity contribution in [3.63, 3.8) is 0 Å². The van der Waals surface area contributed by atoms with E-state index in [9.17, 15) is 9.59 Å². The quantitative estimate of drug-likeness (QED) is 0.746. The van der Waals surface area contributed by atoms with Crippen molar-refractivity contribution in [2.75, 3.05) is 0 Å². The normalized spacial score (nSPS) is 24.7. The minimum Gasteiger partial charge on any atom is -0.481 e. The molecule has 1 aliphatic carbocycles. The molecular formula is C12H17N3O3. The van der Waals surface area contributed by atoms with Gasteiger partial charge in [-0.15, -0.1) is 0 Å². The van der Waals surface area contributed by atoms with E-state index in [1.54, 1.807) is 12.4 Å². The lowest BCUT2D eigenvalue weighted by molar-refractivity contribution is -0.146. The second-order valence-electron chi connectivity index (χ2n) is 4.69. The van der Waals surface area contributed by atoms with E-state index in [4.69, 9.17) is 5.11 Å². The third kappa shape index (κ3) is 2.52. The van der Waals surface area contributed by atoms with Crippen LogP contribution >= 0.6 is 0 Å². The van der Waals surface area contributed by atoms with E-state index in [1.165, 1.54) is 0 Å². The zero-order valence-corrected chi connectivity index (χ0v) is 10.2. The Morgan fingerprint density at radius 1 is 1.50 bits per heavy atom. The maximum atomic E-state index is 12.0. The molecule has 0 radical (unpaired) electrons. The Bertz CT molecular complexity index is 430. The van der Waals surface area contributed by atoms with Crippen LogP contribution in [0.25, 0.3) is 0 Å². The van der Waals surface area contributed by atoms with Crippen molar-refractivity contribution in [3.8, 4) is 0 Å². The average Bonchev–Trinajstić information content (AvgIpc) is 3.00. The number of carboxylic acid groups (broad SMARTS) is 1. The van der Waals surface area contributed by atoms with Crippen LogP contribution in [0.1, 0.15) is 38.1 Å². The van der Waals surface area contributed by atoms with Gasteiger partial charge in [0.15, 0.2) is 0 Å². The lowest BCUT2D eigenvalue weighted by Gasteiger charge is -2.18. The lowest BCUT2D eigenvalue weighted by atomic mass is 9.95. The minimum absolute atomic E-state index is 0.191. The first kappa shape index (κ1) is 12.6. The fourth-order valence-corrected chi connectivity index (χ4v) is 2.47. The van der Waals surface area contributed by atoms with E-state index in [1.807, 2.05) is 6.92 Å². The van der Waals surface area contributed by atoms with Crippen LogP contribution in [0, 0.1) is 11.8 Å². The van der Waals surface area contributed by atoms with Gasteiger partial charge in [0.2, 0.25) is 5.91 Å². The highest BCUT2D eigenvalue weighted by atomic mass is 16.4. The number of carboxylic acids is 1. The largest absolute Gasteiger partial charge is 0.481 e. The van der Waals surface area contributed by atoms with Gasteiger partial charge in [-0.3, -0.25) is 9.59 Å². The molecule has 2 rings (SSSR count). The van der Waals surface area contributed by atoms with Crippen molar-refractivity contribution in [2.24, 2.45) is 11.8 Å². The maximum Gasteiger partial charge on any atom is 0.307 e. The van der Waals surface area contributed by atoms with Gasteiger partial charge in [-0.1, -0.05) is 6.42 Å². The minimum atomic E-state index is -0.877. The van der Waals surface area contributed by atoms with E-state index in [0.29, 0.717) is 18.7 Å². The van der Waals surface area contributed by atoms with Gasteiger partial charge in [-0.25, -0.2) is 4.98 Å². The standard InChI is InChI=1S/C12H17N3O3/c1-7(10-13-5-6-14-10)15-11(16)8-3-2-4-9(8)12(17)18/h5-9H,2-4H2,1H3,(H,13,14)(H,15,16)(H,17,18). The van der Waals surface area contributed by atoms with Crippen molar-refractivity contribution in [1.82, 2.24) is 15.3 Å². The molecule has 0 bridgehead atoms. The predicted molar refractivity (Wildman–Crippen MR) is 63.6 cm³/mol. The summed E-state index contributed by atoms with van der Waals surface area (Å²) in [5.41, 5.74) is 0. The Morgan fingerprint density at radius 3 is 2.83 bits per heavy atom. The summed E-state index contributed by atoms with van der Waals surface area (Å²) in [6.07, 6.45) is 5.33. The van der Waals surface area contributed by atoms with Gasteiger partial charge in [0, 0.05) is 12.4 Å². The summed E-state index contributed by atoms with van der Waals surface area (Å²) in [5, 5.41) is 11.9. The van der Waals surface area contributed by atoms with E-state index in [0.717, 1.165) is 6.42 Å². The van der Waals surface area contributed by atoms with Gasteiger partial charge in [-0.2, -0.15) is 0 Å². The number of rotatable bonds is 4. The highest BCUT2D eigenvalue weighted by Crippen LogP contribution is 2.32. The van der Waals surface area contributed by atoms with Crippen LogP contribution in [0.5, 0.6) is 0 Å². The summed E-state index contributed by atoms with van der Waals surface area (Å²) < 4.78 is 0. The van der Waals surface area contributed by atoms with Crippen LogP contribution in [0.3, 0.4) is 0 Å². The Labute approximate surface area is 105 Å². The third-order valence-electron chi connectivity index (χ3n) is 3.46. The molecule has 3 atom stereocenters. The number of nitrogens with zero attached hydrogens (tertiary/aromatic N) is 1. The number of nitrogens with one attached hydrogen (secondary N) is 2. The van der Waals surface area contributed by atoms with Crippen molar-refractivity contribution < 1.29 is 14.7 Å². The zero-order chi connectivity index (χ0) is 13.1. The molecule has 6 heteroatoms. The van der Waals surface area contributed by atoms with Crippen molar-refractivity contribution in [3.05, 3.63) is 18.2 Å². The van der Waals surface area contributed by atoms with Crippen LogP contribution in [0.4, 0.5) is 0 Å². The van der Waals surface area contributed by atoms with Crippen molar-refractivity contribution in [1.29, 1.82) is 0 Å². The number of carbonyl (C=O) groups excluding carboxylic acids is 1. The maximum absolute atomic E-state index is 12.0. The van der Waals surface area contributed by atoms with E-state index in [2.05, 4.69) is 15.3 Å². The number of H-pyrrole nitrogens is 1. The van der Waals surface area contributed by atoms with Gasteiger partial charge >= 0.3 is 5.97 Å². The summed E-state index contributed by atoms with van der Waals surface area (Å²) in [6.45, 7) is 1.82. The summed E-state index contributed by atoms with van der Waals surface area (Å²) in [7, 11) is 0. The van der Waals surface area contributed by atoms with Crippen LogP contribution in [-0.2, 0) is 9.59 Å². The summed E-state index contributed by atoms with van der Waals surface area (Å²) in [6, 6.07) is -0.234. The molecule has 0 aliphatic heterocycles. The van der Waals surface area contributed by atoms with E-state index < -0.39 is 17.8 Å². The smallest absolute Gasteiger partial charge is 0.307 e. The zero-order valence-electron chi connectivity index (χ0n) is 10.2. The molecular weight excluding hydrogens is 234 g/mol. The second-order valence-corrected chi connectivity index (χ2v) is 4.69. The molecule has 0 aromatic carbocycles. The van der Waals surface area contributed by atoms with Gasteiger partial charge < -0.3 is 15.4 Å². The third-order valence-corrected chi connectivity index (χ3v) is 3.46. The number of aliphatic carboxylic acids is 1. The van der Waals surface area contributed by atoms with Crippen LogP contribution in [0.15, 0.2) is 12.4 Å². The molecule has 1 aromatic rings. The fourth-order valence-electron chi connectivity index (χ4n) is 2.47. The molecule has 1 saturated carbocycles. The summed E-state index contributed by atoms with van der Waals surface area (Å²) >= 11 is 0. The molecule has 6 nitrogen and oxygen atoms in total. The molecule has 1 amide bonds. The topological polar surface area (TPSA) is 95.1 Å². The number of carbonyl (C=O) groups is 2. The predicted octanol–water partition coefficient (Wildman–Crippen LogP) is 1.09. The molecule has 1 aromatic heterocycles. The summed E-state index contributed by atoms with van der Waals surface area (Å²) in [4.78, 5) is 30.1. The Morgan fingerprint density at radius 2 is 2.22 bits per heavy atom. The van der Waals surface area contributed by atoms with E-state index in [-0.39, 0.29) is 11.9 Å². The van der Waals surface area contributed by atoms with Gasteiger partial charge in [0.1, 0.15) is 5.82 Å². The average molecular weight is 251 g/mol. The number of amides is 1. The van der Waals surface area contributed by atoms with Crippen molar-refractivity contribution in [2.45, 2.75) is 32.2 Å². The number of hydrogen-bond acceptors (Lipinski definition) is 3. The molecule has 1 heterocycles. The molecule has 18 heavy (non-hydrogen) atoms. The van der Waals surface area contributed by atoms with Gasteiger partial charge in [0.05, 0.1) is 17.9 Å². The Kier molecular flexibility index (Phi) is 3.64. The highest BCUT2D eigenvalue weighted by Gasteiger charge is 2.38.